The Morgan fingerprint density at radius 3 is 2.57 bits per heavy atom. The molecule has 4 heteroatoms. The summed E-state index contributed by atoms with van der Waals surface area (Å²) in [7, 11) is 0. The van der Waals surface area contributed by atoms with Crippen LogP contribution in [0, 0.1) is 0 Å². The predicted octanol–water partition coefficient (Wildman–Crippen LogP) is 2.37. The summed E-state index contributed by atoms with van der Waals surface area (Å²) in [4.78, 5) is 10.8. The van der Waals surface area contributed by atoms with Crippen molar-refractivity contribution in [3.8, 4) is 0 Å². The maximum absolute atomic E-state index is 10.8. The number of ether oxygens (including phenoxy) is 2. The second-order valence-electron chi connectivity index (χ2n) is 2.96. The molecule has 0 aliphatic carbocycles. The zero-order chi connectivity index (χ0) is 10.6. The van der Waals surface area contributed by atoms with Gasteiger partial charge < -0.3 is 9.47 Å². The van der Waals surface area contributed by atoms with Crippen LogP contribution in [0.25, 0.3) is 0 Å². The van der Waals surface area contributed by atoms with E-state index < -0.39 is 0 Å². The van der Waals surface area contributed by atoms with Crippen LogP contribution < -0.4 is 0 Å². The van der Waals surface area contributed by atoms with Crippen molar-refractivity contribution in [2.24, 2.45) is 0 Å². The number of halogens is 1. The van der Waals surface area contributed by atoms with Crippen molar-refractivity contribution in [1.29, 1.82) is 0 Å². The van der Waals surface area contributed by atoms with Crippen molar-refractivity contribution < 1.29 is 14.3 Å². The second kappa shape index (κ2) is 10.8. The van der Waals surface area contributed by atoms with Gasteiger partial charge in [0.15, 0.2) is 0 Å². The first-order valence-electron chi connectivity index (χ1n) is 5.10. The number of esters is 1. The highest BCUT2D eigenvalue weighted by atomic mass is 35.5. The molecule has 0 rings (SSSR count). The van der Waals surface area contributed by atoms with Crippen LogP contribution in [0.3, 0.4) is 0 Å². The predicted molar refractivity (Wildman–Crippen MR) is 56.6 cm³/mol. The second-order valence-corrected chi connectivity index (χ2v) is 3.34. The third-order valence-electron chi connectivity index (χ3n) is 1.70. The summed E-state index contributed by atoms with van der Waals surface area (Å²) in [6.45, 7) is 2.90. The van der Waals surface area contributed by atoms with Gasteiger partial charge >= 0.3 is 5.97 Å². The minimum Gasteiger partial charge on any atom is -0.464 e. The zero-order valence-corrected chi connectivity index (χ0v) is 9.52. The van der Waals surface area contributed by atoms with Gasteiger partial charge in [0, 0.05) is 12.5 Å². The Bertz CT molecular complexity index is 139. The summed E-state index contributed by atoms with van der Waals surface area (Å²) in [5.41, 5.74) is 0. The van der Waals surface area contributed by atoms with Crippen LogP contribution >= 0.6 is 11.6 Å². The van der Waals surface area contributed by atoms with E-state index in [0.29, 0.717) is 13.2 Å². The number of alkyl halides is 1. The van der Waals surface area contributed by atoms with Crippen molar-refractivity contribution in [3.63, 3.8) is 0 Å². The maximum Gasteiger partial charge on any atom is 0.332 e. The smallest absolute Gasteiger partial charge is 0.332 e. The highest BCUT2D eigenvalue weighted by Gasteiger charge is 2.00. The molecule has 0 atom stereocenters. The van der Waals surface area contributed by atoms with Crippen LogP contribution in [0.1, 0.15) is 32.6 Å². The van der Waals surface area contributed by atoms with E-state index in [1.807, 2.05) is 0 Å². The molecule has 0 aromatic rings. The van der Waals surface area contributed by atoms with Gasteiger partial charge in [0.1, 0.15) is 6.61 Å². The number of carbonyl (C=O) groups is 1. The lowest BCUT2D eigenvalue weighted by molar-refractivity contribution is -0.148. The van der Waals surface area contributed by atoms with E-state index in [9.17, 15) is 4.79 Å². The first-order valence-corrected chi connectivity index (χ1v) is 5.64. The SMILES string of the molecule is CCOC(=O)COCCCCCCCl. The lowest BCUT2D eigenvalue weighted by Crippen LogP contribution is -2.12. The molecule has 0 bridgehead atoms. The number of unbranched alkanes of at least 4 members (excludes halogenated alkanes) is 3. The van der Waals surface area contributed by atoms with Gasteiger partial charge in [-0.2, -0.15) is 0 Å². The van der Waals surface area contributed by atoms with Crippen molar-refractivity contribution in [3.05, 3.63) is 0 Å². The minimum atomic E-state index is -0.284. The van der Waals surface area contributed by atoms with Gasteiger partial charge in [-0.1, -0.05) is 12.8 Å². The highest BCUT2D eigenvalue weighted by Crippen LogP contribution is 2.01. The van der Waals surface area contributed by atoms with Gasteiger partial charge in [-0.25, -0.2) is 4.79 Å². The lowest BCUT2D eigenvalue weighted by atomic mass is 10.2. The molecule has 0 radical (unpaired) electrons. The van der Waals surface area contributed by atoms with Gasteiger partial charge in [0.2, 0.25) is 0 Å². The number of rotatable bonds is 9. The zero-order valence-electron chi connectivity index (χ0n) is 8.76. The van der Waals surface area contributed by atoms with Crippen molar-refractivity contribution in [2.75, 3.05) is 25.7 Å². The molecule has 0 aliphatic rings. The Labute approximate surface area is 90.7 Å². The summed E-state index contributed by atoms with van der Waals surface area (Å²) < 4.78 is 9.83. The molecule has 0 saturated carbocycles. The molecule has 0 N–H and O–H groups in total. The van der Waals surface area contributed by atoms with Crippen LogP contribution in [-0.2, 0) is 14.3 Å². The van der Waals surface area contributed by atoms with Crippen molar-refractivity contribution in [1.82, 2.24) is 0 Å². The first-order chi connectivity index (χ1) is 6.81. The van der Waals surface area contributed by atoms with Gasteiger partial charge in [-0.3, -0.25) is 0 Å². The molecule has 0 aromatic heterocycles. The highest BCUT2D eigenvalue weighted by molar-refractivity contribution is 6.17. The van der Waals surface area contributed by atoms with Crippen LogP contribution in [0.15, 0.2) is 0 Å². The van der Waals surface area contributed by atoms with Gasteiger partial charge in [-0.05, 0) is 19.8 Å². The summed E-state index contributed by atoms with van der Waals surface area (Å²) in [5, 5.41) is 0. The van der Waals surface area contributed by atoms with Crippen LogP contribution in [-0.4, -0.2) is 31.7 Å². The largest absolute Gasteiger partial charge is 0.464 e. The summed E-state index contributed by atoms with van der Waals surface area (Å²) in [6.07, 6.45) is 4.28. The van der Waals surface area contributed by atoms with Crippen LogP contribution in [0.4, 0.5) is 0 Å². The van der Waals surface area contributed by atoms with E-state index in [1.165, 1.54) is 0 Å². The molecule has 0 fully saturated rings. The van der Waals surface area contributed by atoms with E-state index in [1.54, 1.807) is 6.92 Å². The van der Waals surface area contributed by atoms with Crippen molar-refractivity contribution in [2.45, 2.75) is 32.6 Å². The Hall–Kier alpha value is -0.280. The standard InChI is InChI=1S/C10H19ClO3/c1-2-14-10(12)9-13-8-6-4-3-5-7-11/h2-9H2,1H3. The average molecular weight is 223 g/mol. The molecule has 0 aromatic carbocycles. The Morgan fingerprint density at radius 1 is 1.21 bits per heavy atom. The molecule has 3 nitrogen and oxygen atoms in total. The Morgan fingerprint density at radius 2 is 1.93 bits per heavy atom. The Balaban J connectivity index is 3.01. The summed E-state index contributed by atoms with van der Waals surface area (Å²) >= 11 is 5.53. The molecule has 0 aliphatic heterocycles. The average Bonchev–Trinajstić information content (AvgIpc) is 2.17. The molecule has 0 heterocycles. The van der Waals surface area contributed by atoms with Gasteiger partial charge in [-0.15, -0.1) is 11.6 Å². The van der Waals surface area contributed by atoms with Gasteiger partial charge in [0.25, 0.3) is 0 Å². The third kappa shape index (κ3) is 9.81. The monoisotopic (exact) mass is 222 g/mol. The Kier molecular flexibility index (Phi) is 10.6. The minimum absolute atomic E-state index is 0.0728. The lowest BCUT2D eigenvalue weighted by Gasteiger charge is -2.03. The van der Waals surface area contributed by atoms with E-state index in [2.05, 4.69) is 0 Å². The van der Waals surface area contributed by atoms with Crippen LogP contribution in [0.2, 0.25) is 0 Å². The first kappa shape index (κ1) is 13.7. The van der Waals surface area contributed by atoms with Crippen LogP contribution in [0.5, 0.6) is 0 Å². The quantitative estimate of drug-likeness (QED) is 0.341. The van der Waals surface area contributed by atoms with E-state index in [-0.39, 0.29) is 12.6 Å². The number of hydrogen-bond donors (Lipinski definition) is 0. The maximum atomic E-state index is 10.8. The molecular formula is C10H19ClO3. The normalized spacial score (nSPS) is 10.1. The summed E-state index contributed by atoms with van der Waals surface area (Å²) in [6, 6.07) is 0. The molecule has 14 heavy (non-hydrogen) atoms. The van der Waals surface area contributed by atoms with E-state index >= 15 is 0 Å². The molecule has 0 spiro atoms. The fourth-order valence-electron chi connectivity index (χ4n) is 1.01. The molecule has 0 saturated heterocycles. The molecular weight excluding hydrogens is 204 g/mol. The summed E-state index contributed by atoms with van der Waals surface area (Å²) in [5.74, 6) is 0.442. The van der Waals surface area contributed by atoms with E-state index in [4.69, 9.17) is 21.1 Å². The molecule has 84 valence electrons. The molecule has 0 unspecified atom stereocenters. The fourth-order valence-corrected chi connectivity index (χ4v) is 1.20. The fraction of sp³-hybridized carbons (Fsp3) is 0.900. The van der Waals surface area contributed by atoms with E-state index in [0.717, 1.165) is 31.6 Å². The third-order valence-corrected chi connectivity index (χ3v) is 1.96. The number of hydrogen-bond acceptors (Lipinski definition) is 3. The topological polar surface area (TPSA) is 35.5 Å². The number of carbonyl (C=O) groups excluding carboxylic acids is 1. The van der Waals surface area contributed by atoms with Gasteiger partial charge in [0.05, 0.1) is 6.61 Å². The van der Waals surface area contributed by atoms with Crippen molar-refractivity contribution >= 4 is 17.6 Å². The molecule has 0 amide bonds.